The lowest BCUT2D eigenvalue weighted by atomic mass is 10.1. The van der Waals surface area contributed by atoms with E-state index in [4.69, 9.17) is 16.3 Å². The van der Waals surface area contributed by atoms with Gasteiger partial charge in [0.1, 0.15) is 18.1 Å². The Bertz CT molecular complexity index is 843. The maximum Gasteiger partial charge on any atom is 0.268 e. The van der Waals surface area contributed by atoms with Gasteiger partial charge in [-0.1, -0.05) is 36.7 Å². The molecule has 0 saturated carbocycles. The second-order valence-corrected chi connectivity index (χ2v) is 6.33. The lowest BCUT2D eigenvalue weighted by molar-refractivity contribution is -0.129. The molecule has 2 aromatic carbocycles. The van der Waals surface area contributed by atoms with E-state index in [0.29, 0.717) is 23.4 Å². The summed E-state index contributed by atoms with van der Waals surface area (Å²) in [5, 5.41) is 2.95. The summed E-state index contributed by atoms with van der Waals surface area (Å²) in [6.45, 7) is 1.87. The summed E-state index contributed by atoms with van der Waals surface area (Å²) in [7, 11) is 0. The molecule has 0 radical (unpaired) electrons. The minimum absolute atomic E-state index is 0.130. The molecule has 0 aromatic heterocycles. The van der Waals surface area contributed by atoms with E-state index >= 15 is 0 Å². The van der Waals surface area contributed by atoms with Gasteiger partial charge in [0.15, 0.2) is 6.10 Å². The molecule has 1 aliphatic heterocycles. The summed E-state index contributed by atoms with van der Waals surface area (Å²) in [6.07, 6.45) is -0.0968. The number of hydrogen-bond acceptors (Lipinski definition) is 3. The number of benzene rings is 2. The van der Waals surface area contributed by atoms with Crippen molar-refractivity contribution in [2.75, 3.05) is 11.4 Å². The van der Waals surface area contributed by atoms with Crippen molar-refractivity contribution in [3.05, 3.63) is 58.9 Å². The van der Waals surface area contributed by atoms with Gasteiger partial charge in [-0.3, -0.25) is 14.5 Å². The normalized spacial score (nSPS) is 16.0. The number of para-hydroxylation sites is 2. The molecule has 1 N–H and O–H groups in total. The lowest BCUT2D eigenvalue weighted by Gasteiger charge is -2.33. The Morgan fingerprint density at radius 1 is 1.31 bits per heavy atom. The fourth-order valence-corrected chi connectivity index (χ4v) is 2.99. The van der Waals surface area contributed by atoms with Crippen molar-refractivity contribution in [3.8, 4) is 5.75 Å². The van der Waals surface area contributed by atoms with Crippen LogP contribution in [0.4, 0.5) is 10.1 Å². The minimum Gasteiger partial charge on any atom is -0.478 e. The zero-order valence-electron chi connectivity index (χ0n) is 14.2. The van der Waals surface area contributed by atoms with Gasteiger partial charge in [0.2, 0.25) is 5.91 Å². The zero-order chi connectivity index (χ0) is 18.7. The van der Waals surface area contributed by atoms with Crippen LogP contribution in [0.25, 0.3) is 0 Å². The number of hydrogen-bond donors (Lipinski definition) is 1. The highest BCUT2D eigenvalue weighted by Crippen LogP contribution is 2.34. The highest BCUT2D eigenvalue weighted by Gasteiger charge is 2.34. The van der Waals surface area contributed by atoms with E-state index in [9.17, 15) is 14.0 Å². The summed E-state index contributed by atoms with van der Waals surface area (Å²) in [5.74, 6) is -0.453. The van der Waals surface area contributed by atoms with Crippen molar-refractivity contribution in [2.24, 2.45) is 0 Å². The first kappa shape index (κ1) is 18.2. The van der Waals surface area contributed by atoms with Crippen molar-refractivity contribution in [1.82, 2.24) is 5.32 Å². The molecule has 5 nitrogen and oxygen atoms in total. The molecule has 0 bridgehead atoms. The third kappa shape index (κ3) is 3.80. The van der Waals surface area contributed by atoms with Crippen molar-refractivity contribution in [1.29, 1.82) is 0 Å². The Kier molecular flexibility index (Phi) is 5.42. The number of nitrogens with zero attached hydrogens (tertiary/aromatic N) is 1. The van der Waals surface area contributed by atoms with Crippen molar-refractivity contribution in [3.63, 3.8) is 0 Å². The molecule has 0 aliphatic carbocycles. The Morgan fingerprint density at radius 2 is 2.08 bits per heavy atom. The van der Waals surface area contributed by atoms with E-state index in [1.54, 1.807) is 18.2 Å². The van der Waals surface area contributed by atoms with Crippen LogP contribution in [-0.4, -0.2) is 24.5 Å². The summed E-state index contributed by atoms with van der Waals surface area (Å²) >= 11 is 5.96. The van der Waals surface area contributed by atoms with Crippen molar-refractivity contribution >= 4 is 29.1 Å². The first-order valence-corrected chi connectivity index (χ1v) is 8.65. The molecule has 1 atom stereocenters. The molecule has 0 spiro atoms. The predicted molar refractivity (Wildman–Crippen MR) is 96.8 cm³/mol. The molecule has 2 aromatic rings. The summed E-state index contributed by atoms with van der Waals surface area (Å²) in [6, 6.07) is 11.1. The smallest absolute Gasteiger partial charge is 0.268 e. The van der Waals surface area contributed by atoms with E-state index in [2.05, 4.69) is 5.32 Å². The number of rotatable bonds is 5. The standard InChI is InChI=1S/C19H18ClFN2O3/c1-2-16-19(25)23(15-5-3-4-6-17(15)26-16)11-18(24)22-10-12-7-8-13(21)9-14(12)20/h3-9,16H,2,10-11H2,1H3,(H,22,24)/t16-/m0/s1. The van der Waals surface area contributed by atoms with Gasteiger partial charge in [0, 0.05) is 11.6 Å². The van der Waals surface area contributed by atoms with E-state index in [1.165, 1.54) is 23.1 Å². The highest BCUT2D eigenvalue weighted by molar-refractivity contribution is 6.31. The third-order valence-electron chi connectivity index (χ3n) is 4.13. The van der Waals surface area contributed by atoms with Crippen LogP contribution in [0.15, 0.2) is 42.5 Å². The quantitative estimate of drug-likeness (QED) is 0.871. The molecule has 26 heavy (non-hydrogen) atoms. The molecule has 1 heterocycles. The average Bonchev–Trinajstić information content (AvgIpc) is 2.63. The van der Waals surface area contributed by atoms with Crippen LogP contribution < -0.4 is 15.0 Å². The van der Waals surface area contributed by atoms with Gasteiger partial charge in [0.25, 0.3) is 5.91 Å². The van der Waals surface area contributed by atoms with Crippen LogP contribution in [0.5, 0.6) is 5.75 Å². The largest absolute Gasteiger partial charge is 0.478 e. The van der Waals surface area contributed by atoms with Gasteiger partial charge in [-0.2, -0.15) is 0 Å². The van der Waals surface area contributed by atoms with Gasteiger partial charge in [-0.25, -0.2) is 4.39 Å². The minimum atomic E-state index is -0.607. The molecule has 0 fully saturated rings. The molecule has 0 unspecified atom stereocenters. The van der Waals surface area contributed by atoms with E-state index < -0.39 is 11.9 Å². The number of halogens is 2. The third-order valence-corrected chi connectivity index (χ3v) is 4.48. The van der Waals surface area contributed by atoms with Crippen LogP contribution in [0, 0.1) is 5.82 Å². The maximum absolute atomic E-state index is 13.1. The van der Waals surface area contributed by atoms with Crippen molar-refractivity contribution < 1.29 is 18.7 Å². The number of nitrogens with one attached hydrogen (secondary N) is 1. The van der Waals surface area contributed by atoms with Gasteiger partial charge >= 0.3 is 0 Å². The summed E-state index contributed by atoms with van der Waals surface area (Å²) in [5.41, 5.74) is 1.17. The van der Waals surface area contributed by atoms with Crippen LogP contribution in [0.1, 0.15) is 18.9 Å². The maximum atomic E-state index is 13.1. The van der Waals surface area contributed by atoms with Gasteiger partial charge in [0.05, 0.1) is 5.69 Å². The first-order valence-electron chi connectivity index (χ1n) is 8.27. The second kappa shape index (κ2) is 7.74. The summed E-state index contributed by atoms with van der Waals surface area (Å²) in [4.78, 5) is 26.4. The fraction of sp³-hybridized carbons (Fsp3) is 0.263. The second-order valence-electron chi connectivity index (χ2n) is 5.92. The Hall–Kier alpha value is -2.60. The van der Waals surface area contributed by atoms with Crippen LogP contribution in [-0.2, 0) is 16.1 Å². The zero-order valence-corrected chi connectivity index (χ0v) is 14.9. The number of anilines is 1. The number of fused-ring (bicyclic) bond motifs is 1. The number of ether oxygens (including phenoxy) is 1. The van der Waals surface area contributed by atoms with Crippen molar-refractivity contribution in [2.45, 2.75) is 26.0 Å². The number of carbonyl (C=O) groups excluding carboxylic acids is 2. The Labute approximate surface area is 155 Å². The molecule has 7 heteroatoms. The topological polar surface area (TPSA) is 58.6 Å². The highest BCUT2D eigenvalue weighted by atomic mass is 35.5. The lowest BCUT2D eigenvalue weighted by Crippen LogP contribution is -2.49. The molecule has 136 valence electrons. The molecule has 2 amide bonds. The fourth-order valence-electron chi connectivity index (χ4n) is 2.76. The van der Waals surface area contributed by atoms with E-state index in [0.717, 1.165) is 0 Å². The van der Waals surface area contributed by atoms with Gasteiger partial charge < -0.3 is 10.1 Å². The number of carbonyl (C=O) groups is 2. The van der Waals surface area contributed by atoms with Crippen LogP contribution in [0.3, 0.4) is 0 Å². The summed E-state index contributed by atoms with van der Waals surface area (Å²) < 4.78 is 18.8. The molecule has 1 aliphatic rings. The first-order chi connectivity index (χ1) is 12.5. The molecule has 0 saturated heterocycles. The van der Waals surface area contributed by atoms with E-state index in [-0.39, 0.29) is 29.9 Å². The van der Waals surface area contributed by atoms with Gasteiger partial charge in [-0.05, 0) is 36.2 Å². The number of amides is 2. The molecular formula is C19H18ClFN2O3. The Balaban J connectivity index is 1.70. The molecular weight excluding hydrogens is 359 g/mol. The van der Waals surface area contributed by atoms with Gasteiger partial charge in [-0.15, -0.1) is 0 Å². The van der Waals surface area contributed by atoms with E-state index in [1.807, 2.05) is 13.0 Å². The SMILES string of the molecule is CC[C@@H]1Oc2ccccc2N(CC(=O)NCc2ccc(F)cc2Cl)C1=O. The monoisotopic (exact) mass is 376 g/mol. The van der Waals surface area contributed by atoms with Crippen LogP contribution in [0.2, 0.25) is 5.02 Å². The Morgan fingerprint density at radius 3 is 2.81 bits per heavy atom. The van der Waals surface area contributed by atoms with Crippen LogP contribution >= 0.6 is 11.6 Å². The molecule has 3 rings (SSSR count). The average molecular weight is 377 g/mol. The predicted octanol–water partition coefficient (Wildman–Crippen LogP) is 3.30.